The van der Waals surface area contributed by atoms with Gasteiger partial charge in [0, 0.05) is 16.5 Å². The third kappa shape index (κ3) is 1.71. The maximum absolute atomic E-state index is 13.8. The number of imidazole rings is 1. The molecule has 4 nitrogen and oxygen atoms in total. The molecule has 1 aliphatic rings. The second kappa shape index (κ2) is 3.88. The first-order valence-corrected chi connectivity index (χ1v) is 6.04. The molecule has 2 aromatic rings. The molecular formula is C12H12ClFN4. The van der Waals surface area contributed by atoms with Gasteiger partial charge in [0.05, 0.1) is 0 Å². The van der Waals surface area contributed by atoms with E-state index in [2.05, 4.69) is 4.98 Å². The highest BCUT2D eigenvalue weighted by atomic mass is 35.5. The molecule has 18 heavy (non-hydrogen) atoms. The summed E-state index contributed by atoms with van der Waals surface area (Å²) in [5, 5.41) is 0.436. The van der Waals surface area contributed by atoms with Crippen molar-refractivity contribution in [1.29, 1.82) is 0 Å². The predicted octanol–water partition coefficient (Wildman–Crippen LogP) is 2.52. The Bertz CT molecular complexity index is 619. The molecule has 0 amide bonds. The number of rotatable bonds is 2. The van der Waals surface area contributed by atoms with Crippen molar-refractivity contribution >= 4 is 17.4 Å². The van der Waals surface area contributed by atoms with Gasteiger partial charge in [0.1, 0.15) is 17.3 Å². The summed E-state index contributed by atoms with van der Waals surface area (Å²) in [7, 11) is 0. The zero-order valence-electron chi connectivity index (χ0n) is 9.53. The Morgan fingerprint density at radius 3 is 2.78 bits per heavy atom. The molecule has 0 bridgehead atoms. The van der Waals surface area contributed by atoms with Gasteiger partial charge in [-0.3, -0.25) is 0 Å². The number of halogens is 2. The van der Waals surface area contributed by atoms with Gasteiger partial charge in [0.15, 0.2) is 5.82 Å². The van der Waals surface area contributed by atoms with Crippen LogP contribution in [0.3, 0.4) is 0 Å². The fourth-order valence-electron chi connectivity index (χ4n) is 1.97. The summed E-state index contributed by atoms with van der Waals surface area (Å²) in [5.41, 5.74) is 6.53. The molecule has 1 saturated carbocycles. The molecule has 0 aliphatic heterocycles. The minimum absolute atomic E-state index is 0.262. The zero-order chi connectivity index (χ0) is 12.9. The highest BCUT2D eigenvalue weighted by Gasteiger charge is 2.31. The number of hydrogen-bond donors (Lipinski definition) is 2. The average molecular weight is 267 g/mol. The third-order valence-corrected chi connectivity index (χ3v) is 3.34. The molecule has 1 aliphatic carbocycles. The van der Waals surface area contributed by atoms with Crippen LogP contribution in [0.2, 0.25) is 5.02 Å². The maximum Gasteiger partial charge on any atom is 0.150 e. The van der Waals surface area contributed by atoms with Crippen LogP contribution in [0, 0.1) is 5.82 Å². The Morgan fingerprint density at radius 2 is 2.11 bits per heavy atom. The van der Waals surface area contributed by atoms with Gasteiger partial charge in [0.2, 0.25) is 0 Å². The molecule has 1 aromatic heterocycles. The van der Waals surface area contributed by atoms with Crippen LogP contribution in [0.25, 0.3) is 11.3 Å². The Hall–Kier alpha value is -1.75. The van der Waals surface area contributed by atoms with E-state index in [0.29, 0.717) is 22.5 Å². The van der Waals surface area contributed by atoms with Crippen LogP contribution >= 0.6 is 11.6 Å². The van der Waals surface area contributed by atoms with Crippen LogP contribution in [-0.2, 0) is 0 Å². The van der Waals surface area contributed by atoms with E-state index in [0.717, 1.165) is 12.8 Å². The summed E-state index contributed by atoms with van der Waals surface area (Å²) < 4.78 is 15.1. The van der Waals surface area contributed by atoms with Crippen LogP contribution < -0.4 is 11.6 Å². The van der Waals surface area contributed by atoms with Gasteiger partial charge in [-0.05, 0) is 31.0 Å². The summed E-state index contributed by atoms with van der Waals surface area (Å²) in [6.45, 7) is 0. The van der Waals surface area contributed by atoms with Crippen molar-refractivity contribution in [3.8, 4) is 11.3 Å². The lowest BCUT2D eigenvalue weighted by Crippen LogP contribution is -2.14. The number of nitrogens with zero attached hydrogens (tertiary/aromatic N) is 2. The minimum atomic E-state index is -0.411. The molecular weight excluding hydrogens is 255 g/mol. The van der Waals surface area contributed by atoms with Crippen molar-refractivity contribution < 1.29 is 4.39 Å². The lowest BCUT2D eigenvalue weighted by atomic mass is 10.1. The topological polar surface area (TPSA) is 69.9 Å². The highest BCUT2D eigenvalue weighted by Crippen LogP contribution is 2.41. The van der Waals surface area contributed by atoms with Crippen molar-refractivity contribution in [3.05, 3.63) is 34.9 Å². The first-order chi connectivity index (χ1) is 8.58. The fraction of sp³-hybridized carbons (Fsp3) is 0.250. The van der Waals surface area contributed by atoms with Crippen LogP contribution in [0.1, 0.15) is 24.6 Å². The van der Waals surface area contributed by atoms with Crippen molar-refractivity contribution in [2.75, 3.05) is 11.6 Å². The van der Waals surface area contributed by atoms with Gasteiger partial charge in [-0.15, -0.1) is 0 Å². The van der Waals surface area contributed by atoms with E-state index >= 15 is 0 Å². The second-order valence-corrected chi connectivity index (χ2v) is 4.91. The molecule has 1 heterocycles. The molecule has 0 radical (unpaired) electrons. The number of nitrogen functional groups attached to an aromatic ring is 2. The zero-order valence-corrected chi connectivity index (χ0v) is 10.3. The van der Waals surface area contributed by atoms with Gasteiger partial charge in [0.25, 0.3) is 0 Å². The van der Waals surface area contributed by atoms with Crippen LogP contribution in [-0.4, -0.2) is 9.66 Å². The summed E-state index contributed by atoms with van der Waals surface area (Å²) in [6.07, 6.45) is 2.09. The van der Waals surface area contributed by atoms with Gasteiger partial charge in [-0.25, -0.2) is 14.1 Å². The quantitative estimate of drug-likeness (QED) is 0.821. The van der Waals surface area contributed by atoms with Crippen LogP contribution in [0.5, 0.6) is 0 Å². The Balaban J connectivity index is 2.16. The summed E-state index contributed by atoms with van der Waals surface area (Å²) in [6, 6.07) is 4.29. The normalized spacial score (nSPS) is 15.0. The molecule has 4 N–H and O–H groups in total. The maximum atomic E-state index is 13.8. The fourth-order valence-corrected chi connectivity index (χ4v) is 2.14. The lowest BCUT2D eigenvalue weighted by Gasteiger charge is -2.02. The Kier molecular flexibility index (Phi) is 2.45. The third-order valence-electron chi connectivity index (χ3n) is 3.10. The number of anilines is 1. The highest BCUT2D eigenvalue weighted by molar-refractivity contribution is 6.30. The summed E-state index contributed by atoms with van der Waals surface area (Å²) in [5.74, 6) is 6.75. The molecule has 1 aromatic carbocycles. The van der Waals surface area contributed by atoms with Crippen molar-refractivity contribution in [1.82, 2.24) is 9.66 Å². The average Bonchev–Trinajstić information content (AvgIpc) is 3.13. The molecule has 6 heteroatoms. The first kappa shape index (κ1) is 11.3. The van der Waals surface area contributed by atoms with Crippen molar-refractivity contribution in [2.24, 2.45) is 0 Å². The monoisotopic (exact) mass is 266 g/mol. The number of aromatic nitrogens is 2. The molecule has 0 unspecified atom stereocenters. The van der Waals surface area contributed by atoms with E-state index in [9.17, 15) is 4.39 Å². The largest absolute Gasteiger partial charge is 0.382 e. The molecule has 0 saturated heterocycles. The predicted molar refractivity (Wildman–Crippen MR) is 69.2 cm³/mol. The van der Waals surface area contributed by atoms with Gasteiger partial charge in [-0.2, -0.15) is 0 Å². The Labute approximate surface area is 108 Å². The van der Waals surface area contributed by atoms with E-state index < -0.39 is 5.82 Å². The van der Waals surface area contributed by atoms with Crippen molar-refractivity contribution in [3.63, 3.8) is 0 Å². The standard InChI is InChI=1S/C12H12ClFN4/c13-7-3-4-9(14)8(5-7)10-11(15)18(16)12(17-10)6-1-2-6/h3-6H,1-2,15-16H2. The smallest absolute Gasteiger partial charge is 0.150 e. The molecule has 0 spiro atoms. The first-order valence-electron chi connectivity index (χ1n) is 5.66. The number of hydrogen-bond acceptors (Lipinski definition) is 3. The molecule has 3 rings (SSSR count). The van der Waals surface area contributed by atoms with Crippen LogP contribution in [0.15, 0.2) is 18.2 Å². The van der Waals surface area contributed by atoms with Crippen LogP contribution in [0.4, 0.5) is 10.2 Å². The van der Waals surface area contributed by atoms with E-state index in [-0.39, 0.29) is 11.4 Å². The summed E-state index contributed by atoms with van der Waals surface area (Å²) >= 11 is 5.87. The second-order valence-electron chi connectivity index (χ2n) is 4.47. The Morgan fingerprint density at radius 1 is 1.39 bits per heavy atom. The summed E-state index contributed by atoms with van der Waals surface area (Å²) in [4.78, 5) is 4.36. The van der Waals surface area contributed by atoms with E-state index in [1.54, 1.807) is 0 Å². The van der Waals surface area contributed by atoms with Crippen molar-refractivity contribution in [2.45, 2.75) is 18.8 Å². The molecule has 1 fully saturated rings. The van der Waals surface area contributed by atoms with Gasteiger partial charge >= 0.3 is 0 Å². The molecule has 0 atom stereocenters. The van der Waals surface area contributed by atoms with E-state index in [1.807, 2.05) is 0 Å². The minimum Gasteiger partial charge on any atom is -0.382 e. The lowest BCUT2D eigenvalue weighted by molar-refractivity contribution is 0.631. The van der Waals surface area contributed by atoms with Gasteiger partial charge in [-0.1, -0.05) is 11.6 Å². The SMILES string of the molecule is Nc1c(-c2cc(Cl)ccc2F)nc(C2CC2)n1N. The van der Waals surface area contributed by atoms with E-state index in [4.69, 9.17) is 23.2 Å². The molecule has 94 valence electrons. The van der Waals surface area contributed by atoms with E-state index in [1.165, 1.54) is 22.9 Å². The number of nitrogens with two attached hydrogens (primary N) is 2. The van der Waals surface area contributed by atoms with Gasteiger partial charge < -0.3 is 11.6 Å². The number of benzene rings is 1.